The van der Waals surface area contributed by atoms with E-state index in [-0.39, 0.29) is 0 Å². The highest BCUT2D eigenvalue weighted by Crippen LogP contribution is 2.43. The lowest BCUT2D eigenvalue weighted by atomic mass is 10.2. The second kappa shape index (κ2) is 5.85. The van der Waals surface area contributed by atoms with Crippen LogP contribution in [0.4, 0.5) is 5.13 Å². The summed E-state index contributed by atoms with van der Waals surface area (Å²) in [5.41, 5.74) is 2.18. The van der Waals surface area contributed by atoms with Gasteiger partial charge in [0.1, 0.15) is 5.75 Å². The lowest BCUT2D eigenvalue weighted by molar-refractivity contribution is 0.112. The van der Waals surface area contributed by atoms with E-state index in [9.17, 15) is 4.79 Å². The molecule has 0 aliphatic heterocycles. The average molecular weight is 302 g/mol. The Kier molecular flexibility index (Phi) is 3.92. The van der Waals surface area contributed by atoms with Crippen molar-refractivity contribution in [2.24, 2.45) is 0 Å². The number of anilines is 1. The van der Waals surface area contributed by atoms with Crippen LogP contribution >= 0.6 is 11.3 Å². The van der Waals surface area contributed by atoms with E-state index in [1.807, 2.05) is 31.3 Å². The van der Waals surface area contributed by atoms with E-state index in [0.717, 1.165) is 47.1 Å². The Bertz CT molecular complexity index is 632. The van der Waals surface area contributed by atoms with Crippen molar-refractivity contribution in [3.63, 3.8) is 0 Å². The maximum absolute atomic E-state index is 11.2. The van der Waals surface area contributed by atoms with E-state index in [1.165, 1.54) is 16.9 Å². The second-order valence-electron chi connectivity index (χ2n) is 5.34. The molecule has 3 rings (SSSR count). The number of benzene rings is 1. The topological polar surface area (TPSA) is 42.4 Å². The summed E-state index contributed by atoms with van der Waals surface area (Å²) in [6.07, 6.45) is 3.26. The Morgan fingerprint density at radius 2 is 2.10 bits per heavy atom. The minimum Gasteiger partial charge on any atom is -0.497 e. The Morgan fingerprint density at radius 1 is 1.38 bits per heavy atom. The third-order valence-corrected chi connectivity index (χ3v) is 4.76. The largest absolute Gasteiger partial charge is 0.497 e. The van der Waals surface area contributed by atoms with Crippen LogP contribution in [0.3, 0.4) is 0 Å². The van der Waals surface area contributed by atoms with Crippen LogP contribution in [-0.4, -0.2) is 25.4 Å². The van der Waals surface area contributed by atoms with Gasteiger partial charge in [-0.2, -0.15) is 0 Å². The monoisotopic (exact) mass is 302 g/mol. The number of ether oxygens (including phenoxy) is 1. The van der Waals surface area contributed by atoms with Crippen LogP contribution in [0.5, 0.6) is 5.75 Å². The quantitative estimate of drug-likeness (QED) is 0.766. The molecule has 0 amide bonds. The van der Waals surface area contributed by atoms with Crippen molar-refractivity contribution in [3.8, 4) is 5.75 Å². The first-order chi connectivity index (χ1) is 10.2. The molecule has 0 unspecified atom stereocenters. The van der Waals surface area contributed by atoms with Crippen molar-refractivity contribution < 1.29 is 9.53 Å². The molecule has 1 aliphatic carbocycles. The molecule has 0 radical (unpaired) electrons. The number of hydrogen-bond donors (Lipinski definition) is 0. The summed E-state index contributed by atoms with van der Waals surface area (Å²) in [5, 5.41) is 0.912. The normalized spacial score (nSPS) is 14.0. The Hall–Kier alpha value is -1.88. The first kappa shape index (κ1) is 14.1. The van der Waals surface area contributed by atoms with Gasteiger partial charge in [0.2, 0.25) is 0 Å². The Morgan fingerprint density at radius 3 is 2.67 bits per heavy atom. The molecular weight excluding hydrogens is 284 g/mol. The maximum atomic E-state index is 11.2. The number of methoxy groups -OCH3 is 1. The van der Waals surface area contributed by atoms with E-state index in [1.54, 1.807) is 7.11 Å². The minimum atomic E-state index is 0.504. The van der Waals surface area contributed by atoms with Gasteiger partial charge >= 0.3 is 0 Å². The van der Waals surface area contributed by atoms with Crippen LogP contribution in [0.15, 0.2) is 24.3 Å². The molecule has 0 spiro atoms. The van der Waals surface area contributed by atoms with Crippen LogP contribution in [0.2, 0.25) is 0 Å². The summed E-state index contributed by atoms with van der Waals surface area (Å²) >= 11 is 1.48. The molecule has 1 fully saturated rings. The fourth-order valence-electron chi connectivity index (χ4n) is 2.30. The summed E-state index contributed by atoms with van der Waals surface area (Å²) in [4.78, 5) is 18.7. The highest BCUT2D eigenvalue weighted by molar-refractivity contribution is 7.17. The number of nitrogens with zero attached hydrogens (tertiary/aromatic N) is 2. The molecule has 1 heterocycles. The lowest BCUT2D eigenvalue weighted by Crippen LogP contribution is -2.16. The van der Waals surface area contributed by atoms with Gasteiger partial charge < -0.3 is 9.64 Å². The molecule has 1 saturated carbocycles. The first-order valence-electron chi connectivity index (χ1n) is 7.01. The summed E-state index contributed by atoms with van der Waals surface area (Å²) in [6, 6.07) is 8.01. The van der Waals surface area contributed by atoms with E-state index in [2.05, 4.69) is 9.88 Å². The van der Waals surface area contributed by atoms with Gasteiger partial charge in [-0.15, -0.1) is 0 Å². The molecule has 5 heteroatoms. The van der Waals surface area contributed by atoms with Gasteiger partial charge in [0.15, 0.2) is 11.4 Å². The fraction of sp³-hybridized carbons (Fsp3) is 0.375. The van der Waals surface area contributed by atoms with Gasteiger partial charge in [0, 0.05) is 19.5 Å². The molecule has 0 bridgehead atoms. The van der Waals surface area contributed by atoms with E-state index < -0.39 is 0 Å². The molecule has 0 saturated heterocycles. The van der Waals surface area contributed by atoms with Crippen LogP contribution in [0, 0.1) is 0 Å². The average Bonchev–Trinajstić information content (AvgIpc) is 3.26. The highest BCUT2D eigenvalue weighted by Gasteiger charge is 2.30. The summed E-state index contributed by atoms with van der Waals surface area (Å²) in [7, 11) is 3.67. The summed E-state index contributed by atoms with van der Waals surface area (Å²) in [6.45, 7) is 0.764. The zero-order valence-electron chi connectivity index (χ0n) is 12.2. The molecule has 1 aromatic heterocycles. The number of rotatable bonds is 6. The Labute approximate surface area is 128 Å². The SMILES string of the molecule is COc1ccc(CN(C)c2nc(C3CC3)c(C=O)s2)cc1. The summed E-state index contributed by atoms with van der Waals surface area (Å²) in [5.74, 6) is 1.36. The number of carbonyl (C=O) groups is 1. The van der Waals surface area contributed by atoms with Crippen molar-refractivity contribution in [1.82, 2.24) is 4.98 Å². The van der Waals surface area contributed by atoms with Crippen LogP contribution < -0.4 is 9.64 Å². The van der Waals surface area contributed by atoms with Crippen molar-refractivity contribution in [1.29, 1.82) is 0 Å². The van der Waals surface area contributed by atoms with Crippen molar-refractivity contribution in [2.75, 3.05) is 19.1 Å². The molecule has 110 valence electrons. The predicted molar refractivity (Wildman–Crippen MR) is 84.6 cm³/mol. The third-order valence-electron chi connectivity index (χ3n) is 3.65. The molecule has 2 aromatic rings. The maximum Gasteiger partial charge on any atom is 0.186 e. The van der Waals surface area contributed by atoms with Crippen molar-refractivity contribution in [3.05, 3.63) is 40.4 Å². The number of aldehydes is 1. The zero-order valence-corrected chi connectivity index (χ0v) is 13.0. The van der Waals surface area contributed by atoms with Crippen molar-refractivity contribution >= 4 is 22.8 Å². The van der Waals surface area contributed by atoms with Gasteiger partial charge in [0.25, 0.3) is 0 Å². The number of aromatic nitrogens is 1. The summed E-state index contributed by atoms with van der Waals surface area (Å²) < 4.78 is 5.16. The number of carbonyl (C=O) groups excluding carboxylic acids is 1. The zero-order chi connectivity index (χ0) is 14.8. The number of hydrogen-bond acceptors (Lipinski definition) is 5. The standard InChI is InChI=1S/C16H18N2O2S/c1-18(9-11-3-7-13(20-2)8-4-11)16-17-15(12-5-6-12)14(10-19)21-16/h3-4,7-8,10,12H,5-6,9H2,1-2H3. The van der Waals surface area contributed by atoms with E-state index >= 15 is 0 Å². The van der Waals surface area contributed by atoms with Gasteiger partial charge in [-0.3, -0.25) is 4.79 Å². The molecule has 1 aromatic carbocycles. The van der Waals surface area contributed by atoms with Crippen molar-refractivity contribution in [2.45, 2.75) is 25.3 Å². The van der Waals surface area contributed by atoms with Gasteiger partial charge in [-0.05, 0) is 30.5 Å². The molecule has 0 atom stereocenters. The highest BCUT2D eigenvalue weighted by atomic mass is 32.1. The lowest BCUT2D eigenvalue weighted by Gasteiger charge is -2.15. The fourth-order valence-corrected chi connectivity index (χ4v) is 3.23. The first-order valence-corrected chi connectivity index (χ1v) is 7.83. The van der Waals surface area contributed by atoms with Crippen LogP contribution in [0.1, 0.15) is 39.7 Å². The third kappa shape index (κ3) is 3.08. The van der Waals surface area contributed by atoms with Crippen LogP contribution in [0.25, 0.3) is 0 Å². The number of thiazole rings is 1. The molecule has 21 heavy (non-hydrogen) atoms. The van der Waals surface area contributed by atoms with Gasteiger partial charge in [-0.25, -0.2) is 4.98 Å². The van der Waals surface area contributed by atoms with Crippen LogP contribution in [-0.2, 0) is 6.54 Å². The van der Waals surface area contributed by atoms with Gasteiger partial charge in [0.05, 0.1) is 17.7 Å². The molecular formula is C16H18N2O2S. The smallest absolute Gasteiger partial charge is 0.186 e. The predicted octanol–water partition coefficient (Wildman–Crippen LogP) is 3.48. The second-order valence-corrected chi connectivity index (χ2v) is 6.35. The molecule has 4 nitrogen and oxygen atoms in total. The molecule has 1 aliphatic rings. The minimum absolute atomic E-state index is 0.504. The van der Waals surface area contributed by atoms with E-state index in [4.69, 9.17) is 4.74 Å². The Balaban J connectivity index is 1.74. The van der Waals surface area contributed by atoms with E-state index in [0.29, 0.717) is 5.92 Å². The van der Waals surface area contributed by atoms with Gasteiger partial charge in [-0.1, -0.05) is 23.5 Å². The molecule has 0 N–H and O–H groups in total.